The fourth-order valence-electron chi connectivity index (χ4n) is 2.62. The molecule has 2 N–H and O–H groups in total. The third-order valence-corrected chi connectivity index (χ3v) is 4.62. The van der Waals surface area contributed by atoms with Crippen molar-refractivity contribution in [3.8, 4) is 5.75 Å². The van der Waals surface area contributed by atoms with Gasteiger partial charge in [0, 0.05) is 10.7 Å². The number of ether oxygens (including phenoxy) is 1. The monoisotopic (exact) mass is 449 g/mol. The first-order valence-corrected chi connectivity index (χ1v) is 10.00. The van der Waals surface area contributed by atoms with Gasteiger partial charge in [-0.05, 0) is 74.0 Å². The predicted molar refractivity (Wildman–Crippen MR) is 123 cm³/mol. The van der Waals surface area contributed by atoms with Crippen LogP contribution in [0.25, 0.3) is 0 Å². The number of hydrogen-bond donors (Lipinski definition) is 2. The number of aryl methyl sites for hydroxylation is 1. The van der Waals surface area contributed by atoms with Gasteiger partial charge in [0.05, 0.1) is 11.3 Å². The highest BCUT2D eigenvalue weighted by atomic mass is 35.5. The van der Waals surface area contributed by atoms with E-state index in [1.54, 1.807) is 61.5 Å². The second-order valence-electron chi connectivity index (χ2n) is 6.88. The molecule has 0 aromatic heterocycles. The normalized spacial score (nSPS) is 10.9. The Labute approximate surface area is 190 Å². The first-order chi connectivity index (χ1) is 15.3. The number of rotatable bonds is 5. The van der Waals surface area contributed by atoms with Crippen molar-refractivity contribution in [1.29, 1.82) is 0 Å². The molecule has 3 aromatic carbocycles. The fraction of sp³-hybridized carbons (Fsp3) is 0.0833. The van der Waals surface area contributed by atoms with Crippen LogP contribution in [0.2, 0.25) is 5.02 Å². The first-order valence-electron chi connectivity index (χ1n) is 9.62. The van der Waals surface area contributed by atoms with E-state index in [-0.39, 0.29) is 0 Å². The van der Waals surface area contributed by atoms with E-state index in [0.29, 0.717) is 33.3 Å². The Morgan fingerprint density at radius 3 is 2.22 bits per heavy atom. The van der Waals surface area contributed by atoms with Crippen LogP contribution in [0, 0.1) is 6.92 Å². The SMILES string of the molecule is C/C(=N\NC(=O)C(=O)Nc1ccc(C)cc1)c1ccc(OC(=O)c2cccc(Cl)c2)cc1. The van der Waals surface area contributed by atoms with E-state index in [9.17, 15) is 14.4 Å². The molecule has 0 unspecified atom stereocenters. The highest BCUT2D eigenvalue weighted by molar-refractivity contribution is 6.39. The van der Waals surface area contributed by atoms with Gasteiger partial charge < -0.3 is 10.1 Å². The van der Waals surface area contributed by atoms with E-state index in [1.807, 2.05) is 19.1 Å². The number of nitrogens with one attached hydrogen (secondary N) is 2. The molecule has 3 rings (SSSR count). The molecular weight excluding hydrogens is 430 g/mol. The van der Waals surface area contributed by atoms with Gasteiger partial charge in [0.2, 0.25) is 0 Å². The van der Waals surface area contributed by atoms with E-state index in [0.717, 1.165) is 5.56 Å². The zero-order valence-corrected chi connectivity index (χ0v) is 18.1. The van der Waals surface area contributed by atoms with Gasteiger partial charge in [-0.3, -0.25) is 9.59 Å². The van der Waals surface area contributed by atoms with Crippen molar-refractivity contribution in [2.24, 2.45) is 5.10 Å². The average molecular weight is 450 g/mol. The van der Waals surface area contributed by atoms with Crippen LogP contribution in [-0.2, 0) is 9.59 Å². The summed E-state index contributed by atoms with van der Waals surface area (Å²) in [5.41, 5.74) is 5.26. The van der Waals surface area contributed by atoms with Gasteiger partial charge in [-0.1, -0.05) is 35.4 Å². The van der Waals surface area contributed by atoms with Crippen molar-refractivity contribution in [2.75, 3.05) is 5.32 Å². The van der Waals surface area contributed by atoms with Crippen LogP contribution in [0.4, 0.5) is 5.69 Å². The minimum absolute atomic E-state index is 0.339. The standard InChI is InChI=1S/C24H20ClN3O4/c1-15-6-10-20(11-7-15)26-22(29)23(30)28-27-16(2)17-8-12-21(13-9-17)32-24(31)18-4-3-5-19(25)14-18/h3-14H,1-2H3,(H,26,29)(H,28,30)/b27-16+. The number of carbonyl (C=O) groups excluding carboxylic acids is 3. The van der Waals surface area contributed by atoms with E-state index >= 15 is 0 Å². The molecule has 162 valence electrons. The Morgan fingerprint density at radius 1 is 0.875 bits per heavy atom. The van der Waals surface area contributed by atoms with Gasteiger partial charge in [0.15, 0.2) is 0 Å². The lowest BCUT2D eigenvalue weighted by molar-refractivity contribution is -0.136. The Morgan fingerprint density at radius 2 is 1.56 bits per heavy atom. The largest absolute Gasteiger partial charge is 0.423 e. The molecule has 0 saturated carbocycles. The molecule has 0 bridgehead atoms. The molecule has 2 amide bonds. The third-order valence-electron chi connectivity index (χ3n) is 4.38. The number of amides is 2. The highest BCUT2D eigenvalue weighted by Crippen LogP contribution is 2.17. The van der Waals surface area contributed by atoms with Crippen LogP contribution in [0.3, 0.4) is 0 Å². The number of hydrazone groups is 1. The van der Waals surface area contributed by atoms with Gasteiger partial charge in [0.1, 0.15) is 5.75 Å². The molecule has 0 aliphatic carbocycles. The maximum absolute atomic E-state index is 12.2. The van der Waals surface area contributed by atoms with Gasteiger partial charge in [-0.25, -0.2) is 10.2 Å². The second kappa shape index (κ2) is 10.4. The number of anilines is 1. The predicted octanol–water partition coefficient (Wildman–Crippen LogP) is 4.35. The Hall–Kier alpha value is -3.97. The summed E-state index contributed by atoms with van der Waals surface area (Å²) in [5.74, 6) is -1.91. The highest BCUT2D eigenvalue weighted by Gasteiger charge is 2.13. The van der Waals surface area contributed by atoms with E-state index in [2.05, 4.69) is 15.8 Å². The van der Waals surface area contributed by atoms with Crippen molar-refractivity contribution in [3.05, 3.63) is 94.5 Å². The molecule has 3 aromatic rings. The molecule has 0 heterocycles. The number of nitrogens with zero attached hydrogens (tertiary/aromatic N) is 1. The molecule has 0 aliphatic heterocycles. The second-order valence-corrected chi connectivity index (χ2v) is 7.32. The molecule has 7 nitrogen and oxygen atoms in total. The topological polar surface area (TPSA) is 96.9 Å². The van der Waals surface area contributed by atoms with E-state index in [4.69, 9.17) is 16.3 Å². The maximum atomic E-state index is 12.2. The number of benzene rings is 3. The summed E-state index contributed by atoms with van der Waals surface area (Å²) < 4.78 is 5.32. The lowest BCUT2D eigenvalue weighted by Gasteiger charge is -2.07. The average Bonchev–Trinajstić information content (AvgIpc) is 2.79. The lowest BCUT2D eigenvalue weighted by Crippen LogP contribution is -2.32. The minimum Gasteiger partial charge on any atom is -0.423 e. The Balaban J connectivity index is 1.56. The molecule has 0 radical (unpaired) electrons. The molecule has 0 atom stereocenters. The van der Waals surface area contributed by atoms with Crippen LogP contribution in [0.15, 0.2) is 77.9 Å². The van der Waals surface area contributed by atoms with Gasteiger partial charge >= 0.3 is 17.8 Å². The van der Waals surface area contributed by atoms with Crippen molar-refractivity contribution >= 4 is 40.8 Å². The van der Waals surface area contributed by atoms with Crippen molar-refractivity contribution < 1.29 is 19.1 Å². The molecule has 0 fully saturated rings. The Kier molecular flexibility index (Phi) is 7.36. The zero-order valence-electron chi connectivity index (χ0n) is 17.4. The maximum Gasteiger partial charge on any atom is 0.343 e. The van der Waals surface area contributed by atoms with Gasteiger partial charge in [-0.2, -0.15) is 5.10 Å². The number of carbonyl (C=O) groups is 3. The summed E-state index contributed by atoms with van der Waals surface area (Å²) >= 11 is 5.89. The minimum atomic E-state index is -0.892. The third kappa shape index (κ3) is 6.26. The van der Waals surface area contributed by atoms with Crippen LogP contribution < -0.4 is 15.5 Å². The molecule has 0 spiro atoms. The zero-order chi connectivity index (χ0) is 23.1. The van der Waals surface area contributed by atoms with Crippen LogP contribution >= 0.6 is 11.6 Å². The van der Waals surface area contributed by atoms with E-state index in [1.165, 1.54) is 6.07 Å². The van der Waals surface area contributed by atoms with Crippen molar-refractivity contribution in [3.63, 3.8) is 0 Å². The summed E-state index contributed by atoms with van der Waals surface area (Å²) in [7, 11) is 0. The quantitative estimate of drug-likeness (QED) is 0.199. The molecule has 8 heteroatoms. The fourth-order valence-corrected chi connectivity index (χ4v) is 2.81. The molecule has 0 aliphatic rings. The molecule has 32 heavy (non-hydrogen) atoms. The van der Waals surface area contributed by atoms with Crippen LogP contribution in [0.5, 0.6) is 5.75 Å². The smallest absolute Gasteiger partial charge is 0.343 e. The van der Waals surface area contributed by atoms with Gasteiger partial charge in [0.25, 0.3) is 0 Å². The number of hydrogen-bond acceptors (Lipinski definition) is 5. The first kappa shape index (κ1) is 22.7. The lowest BCUT2D eigenvalue weighted by atomic mass is 10.1. The number of halogens is 1. The summed E-state index contributed by atoms with van der Waals surface area (Å²) in [5, 5.41) is 6.89. The van der Waals surface area contributed by atoms with Gasteiger partial charge in [-0.15, -0.1) is 0 Å². The van der Waals surface area contributed by atoms with Crippen LogP contribution in [0.1, 0.15) is 28.4 Å². The van der Waals surface area contributed by atoms with Crippen molar-refractivity contribution in [2.45, 2.75) is 13.8 Å². The van der Waals surface area contributed by atoms with Crippen LogP contribution in [-0.4, -0.2) is 23.5 Å². The Bertz CT molecular complexity index is 1170. The molecule has 0 saturated heterocycles. The number of esters is 1. The van der Waals surface area contributed by atoms with Crippen molar-refractivity contribution in [1.82, 2.24) is 5.43 Å². The summed E-state index contributed by atoms with van der Waals surface area (Å²) in [6, 6.07) is 20.1. The summed E-state index contributed by atoms with van der Waals surface area (Å²) in [6.45, 7) is 3.59. The summed E-state index contributed by atoms with van der Waals surface area (Å²) in [6.07, 6.45) is 0. The summed E-state index contributed by atoms with van der Waals surface area (Å²) in [4.78, 5) is 36.2. The van der Waals surface area contributed by atoms with E-state index < -0.39 is 17.8 Å². The molecular formula is C24H20ClN3O4.